The maximum Gasteiger partial charge on any atom is 0.319 e. The van der Waals surface area contributed by atoms with Gasteiger partial charge in [-0.1, -0.05) is 36.6 Å². The number of amides is 2. The Morgan fingerprint density at radius 1 is 1.11 bits per heavy atom. The Balaban J connectivity index is 1.16. The van der Waals surface area contributed by atoms with Crippen LogP contribution in [0, 0.1) is 17.7 Å². The predicted molar refractivity (Wildman–Crippen MR) is 138 cm³/mol. The highest BCUT2D eigenvalue weighted by Gasteiger charge is 2.30. The molecule has 3 aromatic rings. The molecule has 0 spiro atoms. The summed E-state index contributed by atoms with van der Waals surface area (Å²) >= 11 is 6.14. The number of hydrogen-bond donors (Lipinski definition) is 3. The number of nitrogens with one attached hydrogen (secondary N) is 3. The SMILES string of the molecule is O=C(Nc1ccc2n[nH]c(Cl)c2c1)N[C@@H]1CCCC[C@H]1CN1CCC[C@H](Cc2ccc(F)cc2)C1. The first kappa shape index (κ1) is 24.1. The van der Waals surface area contributed by atoms with Gasteiger partial charge in [-0.05, 0) is 86.4 Å². The van der Waals surface area contributed by atoms with E-state index in [1.54, 1.807) is 12.1 Å². The van der Waals surface area contributed by atoms with Gasteiger partial charge < -0.3 is 15.5 Å². The van der Waals surface area contributed by atoms with Crippen LogP contribution in [0.3, 0.4) is 0 Å². The number of anilines is 1. The standard InChI is InChI=1S/C27H33ClFN5O/c28-26-23-15-22(11-12-25(23)32-33-26)30-27(35)31-24-6-2-1-5-20(24)17-34-13-3-4-19(16-34)14-18-7-9-21(29)10-8-18/h7-12,15,19-20,24H,1-6,13-14,16-17H2,(H,32,33)(H2,30,31,35)/t19-,20+,24-/m1/s1. The van der Waals surface area contributed by atoms with E-state index in [1.165, 1.54) is 24.8 Å². The average Bonchev–Trinajstić information content (AvgIpc) is 3.22. The number of likely N-dealkylation sites (tertiary alicyclic amines) is 1. The molecule has 1 aliphatic heterocycles. The topological polar surface area (TPSA) is 73.0 Å². The van der Waals surface area contributed by atoms with Gasteiger partial charge in [0.25, 0.3) is 0 Å². The molecule has 8 heteroatoms. The second kappa shape index (κ2) is 11.0. The minimum absolute atomic E-state index is 0.169. The molecule has 1 aliphatic carbocycles. The maximum absolute atomic E-state index is 13.2. The molecule has 2 aromatic carbocycles. The lowest BCUT2D eigenvalue weighted by Crippen LogP contribution is -2.49. The smallest absolute Gasteiger partial charge is 0.319 e. The van der Waals surface area contributed by atoms with E-state index in [4.69, 9.17) is 11.6 Å². The fourth-order valence-corrected chi connectivity index (χ4v) is 5.97. The van der Waals surface area contributed by atoms with Crippen LogP contribution in [0.4, 0.5) is 14.9 Å². The van der Waals surface area contributed by atoms with Crippen molar-refractivity contribution in [3.63, 3.8) is 0 Å². The Labute approximate surface area is 210 Å². The van der Waals surface area contributed by atoms with Crippen LogP contribution in [0.15, 0.2) is 42.5 Å². The highest BCUT2D eigenvalue weighted by Crippen LogP contribution is 2.29. The van der Waals surface area contributed by atoms with Crippen LogP contribution in [0.5, 0.6) is 0 Å². The molecule has 0 radical (unpaired) electrons. The molecule has 2 heterocycles. The molecule has 1 saturated heterocycles. The van der Waals surface area contributed by atoms with Gasteiger partial charge in [0, 0.05) is 30.2 Å². The summed E-state index contributed by atoms with van der Waals surface area (Å²) in [7, 11) is 0. The molecule has 0 unspecified atom stereocenters. The first-order valence-corrected chi connectivity index (χ1v) is 13.1. The number of urea groups is 1. The maximum atomic E-state index is 13.2. The quantitative estimate of drug-likeness (QED) is 0.391. The fraction of sp³-hybridized carbons (Fsp3) is 0.481. The summed E-state index contributed by atoms with van der Waals surface area (Å²) in [5, 5.41) is 14.4. The Morgan fingerprint density at radius 2 is 1.94 bits per heavy atom. The van der Waals surface area contributed by atoms with Crippen LogP contribution in [0.25, 0.3) is 10.9 Å². The number of piperidine rings is 1. The third kappa shape index (κ3) is 6.14. The zero-order chi connectivity index (χ0) is 24.2. The number of fused-ring (bicyclic) bond motifs is 1. The zero-order valence-electron chi connectivity index (χ0n) is 19.9. The number of aromatic amines is 1. The number of rotatable bonds is 6. The fourth-order valence-electron chi connectivity index (χ4n) is 5.78. The molecule has 1 saturated carbocycles. The van der Waals surface area contributed by atoms with E-state index in [0.717, 1.165) is 56.2 Å². The van der Waals surface area contributed by atoms with Crippen LogP contribution in [0.2, 0.25) is 5.15 Å². The van der Waals surface area contributed by atoms with Crippen molar-refractivity contribution in [1.82, 2.24) is 20.4 Å². The molecule has 0 bridgehead atoms. The number of halogens is 2. The van der Waals surface area contributed by atoms with Crippen molar-refractivity contribution in [2.75, 3.05) is 25.0 Å². The summed E-state index contributed by atoms with van der Waals surface area (Å²) in [5.41, 5.74) is 2.68. The van der Waals surface area contributed by atoms with Crippen LogP contribution in [-0.2, 0) is 6.42 Å². The normalized spacial score (nSPS) is 23.3. The molecular formula is C27H33ClFN5O. The molecular weight excluding hydrogens is 465 g/mol. The van der Waals surface area contributed by atoms with Crippen LogP contribution >= 0.6 is 11.6 Å². The summed E-state index contributed by atoms with van der Waals surface area (Å²) < 4.78 is 13.2. The average molecular weight is 498 g/mol. The summed E-state index contributed by atoms with van der Waals surface area (Å²) in [6.07, 6.45) is 7.91. The van der Waals surface area contributed by atoms with Crippen molar-refractivity contribution in [3.8, 4) is 0 Å². The zero-order valence-corrected chi connectivity index (χ0v) is 20.7. The number of carbonyl (C=O) groups is 1. The molecule has 1 aromatic heterocycles. The van der Waals surface area contributed by atoms with Crippen molar-refractivity contribution in [2.45, 2.75) is 51.0 Å². The number of nitrogens with zero attached hydrogens (tertiary/aromatic N) is 2. The summed E-state index contributed by atoms with van der Waals surface area (Å²) in [5.74, 6) is 0.867. The minimum Gasteiger partial charge on any atom is -0.335 e. The first-order valence-electron chi connectivity index (χ1n) is 12.7. The molecule has 2 aliphatic rings. The van der Waals surface area contributed by atoms with Crippen molar-refractivity contribution < 1.29 is 9.18 Å². The Morgan fingerprint density at radius 3 is 2.80 bits per heavy atom. The van der Waals surface area contributed by atoms with Crippen molar-refractivity contribution >= 4 is 34.2 Å². The van der Waals surface area contributed by atoms with Crippen LogP contribution in [-0.4, -0.2) is 46.8 Å². The predicted octanol–water partition coefficient (Wildman–Crippen LogP) is 5.99. The van der Waals surface area contributed by atoms with Gasteiger partial charge in [-0.2, -0.15) is 5.10 Å². The molecule has 3 atom stereocenters. The van der Waals surface area contributed by atoms with Gasteiger partial charge in [0.05, 0.1) is 5.52 Å². The Kier molecular flexibility index (Phi) is 7.54. The molecule has 2 amide bonds. The van der Waals surface area contributed by atoms with Crippen molar-refractivity contribution in [3.05, 3.63) is 59.0 Å². The van der Waals surface area contributed by atoms with Gasteiger partial charge in [-0.3, -0.25) is 5.10 Å². The number of hydrogen-bond acceptors (Lipinski definition) is 3. The van der Waals surface area contributed by atoms with E-state index in [-0.39, 0.29) is 17.9 Å². The van der Waals surface area contributed by atoms with E-state index in [0.29, 0.717) is 22.7 Å². The first-order chi connectivity index (χ1) is 17.0. The summed E-state index contributed by atoms with van der Waals surface area (Å²) in [4.78, 5) is 15.4. The highest BCUT2D eigenvalue weighted by atomic mass is 35.5. The lowest BCUT2D eigenvalue weighted by atomic mass is 9.83. The molecule has 186 valence electrons. The lowest BCUT2D eigenvalue weighted by molar-refractivity contribution is 0.123. The van der Waals surface area contributed by atoms with Crippen LogP contribution in [0.1, 0.15) is 44.1 Å². The molecule has 35 heavy (non-hydrogen) atoms. The van der Waals surface area contributed by atoms with Gasteiger partial charge in [0.2, 0.25) is 0 Å². The van der Waals surface area contributed by atoms with Crippen molar-refractivity contribution in [2.24, 2.45) is 11.8 Å². The van der Waals surface area contributed by atoms with E-state index < -0.39 is 0 Å². The minimum atomic E-state index is -0.176. The Bertz CT molecular complexity index is 1150. The van der Waals surface area contributed by atoms with Gasteiger partial charge in [0.15, 0.2) is 0 Å². The number of carbonyl (C=O) groups excluding carboxylic acids is 1. The van der Waals surface area contributed by atoms with Gasteiger partial charge in [-0.25, -0.2) is 9.18 Å². The molecule has 5 rings (SSSR count). The Hall–Kier alpha value is -2.64. The summed E-state index contributed by atoms with van der Waals surface area (Å²) in [6, 6.07) is 12.5. The number of benzene rings is 2. The second-order valence-corrected chi connectivity index (χ2v) is 10.5. The highest BCUT2D eigenvalue weighted by molar-refractivity contribution is 6.34. The second-order valence-electron chi connectivity index (χ2n) is 10.1. The molecule has 3 N–H and O–H groups in total. The van der Waals surface area contributed by atoms with E-state index >= 15 is 0 Å². The van der Waals surface area contributed by atoms with E-state index in [1.807, 2.05) is 30.3 Å². The lowest BCUT2D eigenvalue weighted by Gasteiger charge is -2.39. The largest absolute Gasteiger partial charge is 0.335 e. The van der Waals surface area contributed by atoms with Gasteiger partial charge in [-0.15, -0.1) is 0 Å². The van der Waals surface area contributed by atoms with Crippen LogP contribution < -0.4 is 10.6 Å². The molecule has 2 fully saturated rings. The van der Waals surface area contributed by atoms with Crippen molar-refractivity contribution in [1.29, 1.82) is 0 Å². The monoisotopic (exact) mass is 497 g/mol. The summed E-state index contributed by atoms with van der Waals surface area (Å²) in [6.45, 7) is 3.19. The number of aromatic nitrogens is 2. The van der Waals surface area contributed by atoms with Gasteiger partial charge >= 0.3 is 6.03 Å². The van der Waals surface area contributed by atoms with E-state index in [2.05, 4.69) is 25.7 Å². The molecule has 6 nitrogen and oxygen atoms in total. The third-order valence-corrected chi connectivity index (χ3v) is 7.81. The number of H-pyrrole nitrogens is 1. The van der Waals surface area contributed by atoms with E-state index in [9.17, 15) is 9.18 Å². The third-order valence-electron chi connectivity index (χ3n) is 7.52. The van der Waals surface area contributed by atoms with Gasteiger partial charge in [0.1, 0.15) is 11.0 Å².